The van der Waals surface area contributed by atoms with Crippen molar-refractivity contribution in [1.82, 2.24) is 14.9 Å². The first-order valence-electron chi connectivity index (χ1n) is 11.8. The zero-order valence-corrected chi connectivity index (χ0v) is 21.3. The highest BCUT2D eigenvalue weighted by molar-refractivity contribution is 7.99. The molecule has 0 spiro atoms. The number of imidazole rings is 1. The molecule has 3 aromatic carbocycles. The highest BCUT2D eigenvalue weighted by atomic mass is 32.2. The maximum Gasteiger partial charge on any atom is 0.230 e. The first-order chi connectivity index (χ1) is 17.1. The summed E-state index contributed by atoms with van der Waals surface area (Å²) >= 11 is 1.46. The highest BCUT2D eigenvalue weighted by Crippen LogP contribution is 2.39. The Kier molecular flexibility index (Phi) is 8.40. The molecular formula is C29H31N3O2S. The molecule has 0 radical (unpaired) electrons. The van der Waals surface area contributed by atoms with E-state index >= 15 is 0 Å². The Bertz CT molecular complexity index is 1250. The number of amides is 1. The molecule has 4 aromatic rings. The van der Waals surface area contributed by atoms with Gasteiger partial charge >= 0.3 is 0 Å². The number of rotatable bonds is 10. The summed E-state index contributed by atoms with van der Waals surface area (Å²) in [6.45, 7) is 5.47. The topological polar surface area (TPSA) is 56.1 Å². The fourth-order valence-corrected chi connectivity index (χ4v) is 4.98. The lowest BCUT2D eigenvalue weighted by atomic mass is 10.0. The van der Waals surface area contributed by atoms with E-state index < -0.39 is 0 Å². The van der Waals surface area contributed by atoms with Gasteiger partial charge in [-0.05, 0) is 31.4 Å². The minimum absolute atomic E-state index is 0.00955. The molecule has 5 nitrogen and oxygen atoms in total. The molecule has 1 amide bonds. The number of hydrogen-bond acceptors (Lipinski definition) is 4. The van der Waals surface area contributed by atoms with Crippen LogP contribution in [0.3, 0.4) is 0 Å². The number of aromatic nitrogens is 2. The van der Waals surface area contributed by atoms with Gasteiger partial charge in [0.15, 0.2) is 5.16 Å². The van der Waals surface area contributed by atoms with Gasteiger partial charge in [-0.2, -0.15) is 0 Å². The molecule has 4 rings (SSSR count). The van der Waals surface area contributed by atoms with Crippen LogP contribution in [-0.2, 0) is 9.53 Å². The largest absolute Gasteiger partial charge is 0.385 e. The number of nitrogens with zero attached hydrogens (tertiary/aromatic N) is 2. The van der Waals surface area contributed by atoms with Gasteiger partial charge in [0.1, 0.15) is 0 Å². The Hall–Kier alpha value is -3.35. The number of aryl methyl sites for hydroxylation is 2. The van der Waals surface area contributed by atoms with Crippen LogP contribution in [-0.4, -0.2) is 41.5 Å². The van der Waals surface area contributed by atoms with E-state index in [1.54, 1.807) is 7.11 Å². The Labute approximate surface area is 211 Å². The summed E-state index contributed by atoms with van der Waals surface area (Å²) in [5.41, 5.74) is 7.47. The van der Waals surface area contributed by atoms with Crippen molar-refractivity contribution >= 4 is 17.7 Å². The summed E-state index contributed by atoms with van der Waals surface area (Å²) in [5, 5.41) is 3.78. The molecule has 0 fully saturated rings. The molecule has 0 atom stereocenters. The van der Waals surface area contributed by atoms with Gasteiger partial charge < -0.3 is 10.1 Å². The van der Waals surface area contributed by atoms with Crippen LogP contribution in [0.5, 0.6) is 0 Å². The van der Waals surface area contributed by atoms with E-state index in [0.717, 1.165) is 50.9 Å². The molecule has 0 unspecified atom stereocenters. The summed E-state index contributed by atoms with van der Waals surface area (Å²) in [4.78, 5) is 17.7. The minimum Gasteiger partial charge on any atom is -0.385 e. The van der Waals surface area contributed by atoms with Crippen molar-refractivity contribution in [3.63, 3.8) is 0 Å². The number of methoxy groups -OCH3 is 1. The lowest BCUT2D eigenvalue weighted by molar-refractivity contribution is -0.118. The Balaban J connectivity index is 1.83. The SMILES string of the molecule is COCCCNC(=O)CSc1nc(-c2ccccc2)c(-c2ccccc2)n1-c1c(C)cccc1C. The Morgan fingerprint density at radius 2 is 1.54 bits per heavy atom. The van der Waals surface area contributed by atoms with Crippen molar-refractivity contribution in [2.45, 2.75) is 25.4 Å². The first kappa shape index (κ1) is 24.8. The van der Waals surface area contributed by atoms with Gasteiger partial charge in [-0.1, -0.05) is 90.6 Å². The van der Waals surface area contributed by atoms with Gasteiger partial charge in [0, 0.05) is 31.4 Å². The van der Waals surface area contributed by atoms with Crippen LogP contribution in [0, 0.1) is 13.8 Å². The number of hydrogen-bond donors (Lipinski definition) is 1. The van der Waals surface area contributed by atoms with Crippen LogP contribution in [0.4, 0.5) is 0 Å². The van der Waals surface area contributed by atoms with Crippen molar-refractivity contribution in [3.8, 4) is 28.2 Å². The summed E-state index contributed by atoms with van der Waals surface area (Å²) in [6, 6.07) is 26.9. The monoisotopic (exact) mass is 485 g/mol. The number of ether oxygens (including phenoxy) is 1. The van der Waals surface area contributed by atoms with Crippen LogP contribution in [0.2, 0.25) is 0 Å². The zero-order chi connectivity index (χ0) is 24.6. The highest BCUT2D eigenvalue weighted by Gasteiger charge is 2.24. The van der Waals surface area contributed by atoms with Crippen LogP contribution in [0.1, 0.15) is 17.5 Å². The van der Waals surface area contributed by atoms with Crippen molar-refractivity contribution in [3.05, 3.63) is 90.0 Å². The predicted octanol–water partition coefficient (Wildman–Crippen LogP) is 6.07. The zero-order valence-electron chi connectivity index (χ0n) is 20.5. The summed E-state index contributed by atoms with van der Waals surface area (Å²) in [5.74, 6) is 0.280. The van der Waals surface area contributed by atoms with Gasteiger partial charge in [-0.25, -0.2) is 4.98 Å². The van der Waals surface area contributed by atoms with E-state index in [2.05, 4.69) is 66.2 Å². The quantitative estimate of drug-likeness (QED) is 0.219. The van der Waals surface area contributed by atoms with Crippen molar-refractivity contribution < 1.29 is 9.53 Å². The predicted molar refractivity (Wildman–Crippen MR) is 144 cm³/mol. The molecule has 0 aliphatic heterocycles. The van der Waals surface area contributed by atoms with Crippen LogP contribution in [0.25, 0.3) is 28.2 Å². The molecule has 0 bridgehead atoms. The standard InChI is InChI=1S/C29H31N3O2S/c1-21-12-10-13-22(2)27(21)32-28(24-16-8-5-9-17-24)26(23-14-6-4-7-15-23)31-29(32)35-20-25(33)30-18-11-19-34-3/h4-10,12-17H,11,18-20H2,1-3H3,(H,30,33). The number of thioether (sulfide) groups is 1. The second-order valence-corrected chi connectivity index (χ2v) is 9.33. The van der Waals surface area contributed by atoms with E-state index in [-0.39, 0.29) is 11.7 Å². The first-order valence-corrected chi connectivity index (χ1v) is 12.8. The normalized spacial score (nSPS) is 10.9. The number of para-hydroxylation sites is 1. The maximum absolute atomic E-state index is 12.6. The van der Waals surface area contributed by atoms with Crippen molar-refractivity contribution in [1.29, 1.82) is 0 Å². The number of nitrogens with one attached hydrogen (secondary N) is 1. The number of carbonyl (C=O) groups excluding carboxylic acids is 1. The van der Waals surface area contributed by atoms with Gasteiger partial charge in [0.2, 0.25) is 5.91 Å². The molecule has 0 aliphatic carbocycles. The Morgan fingerprint density at radius 3 is 2.17 bits per heavy atom. The maximum atomic E-state index is 12.6. The third-order valence-electron chi connectivity index (χ3n) is 5.78. The average molecular weight is 486 g/mol. The summed E-state index contributed by atoms with van der Waals surface area (Å²) in [6.07, 6.45) is 0.792. The fourth-order valence-electron chi connectivity index (χ4n) is 4.15. The number of carbonyl (C=O) groups is 1. The lowest BCUT2D eigenvalue weighted by Gasteiger charge is -2.17. The van der Waals surface area contributed by atoms with Crippen LogP contribution in [0.15, 0.2) is 84.0 Å². The minimum atomic E-state index is -0.00955. The van der Waals surface area contributed by atoms with Crippen LogP contribution < -0.4 is 5.32 Å². The van der Waals surface area contributed by atoms with Crippen LogP contribution >= 0.6 is 11.8 Å². The third-order valence-corrected chi connectivity index (χ3v) is 6.72. The molecule has 0 saturated heterocycles. The van der Waals surface area contributed by atoms with E-state index in [1.807, 2.05) is 36.4 Å². The molecule has 6 heteroatoms. The molecule has 1 aromatic heterocycles. The second kappa shape index (κ2) is 11.9. The smallest absolute Gasteiger partial charge is 0.230 e. The average Bonchev–Trinajstić information content (AvgIpc) is 3.25. The van der Waals surface area contributed by atoms with E-state index in [0.29, 0.717) is 13.2 Å². The Morgan fingerprint density at radius 1 is 0.914 bits per heavy atom. The van der Waals surface area contributed by atoms with E-state index in [9.17, 15) is 4.79 Å². The van der Waals surface area contributed by atoms with Gasteiger partial charge in [-0.15, -0.1) is 0 Å². The van der Waals surface area contributed by atoms with Gasteiger partial charge in [0.25, 0.3) is 0 Å². The summed E-state index contributed by atoms with van der Waals surface area (Å²) in [7, 11) is 1.67. The molecule has 0 aliphatic rings. The van der Waals surface area contributed by atoms with Gasteiger partial charge in [0.05, 0.1) is 22.8 Å². The fraction of sp³-hybridized carbons (Fsp3) is 0.241. The molecular weight excluding hydrogens is 454 g/mol. The third kappa shape index (κ3) is 5.84. The second-order valence-electron chi connectivity index (χ2n) is 8.38. The molecule has 1 heterocycles. The van der Waals surface area contributed by atoms with E-state index in [1.165, 1.54) is 11.8 Å². The summed E-state index contributed by atoms with van der Waals surface area (Å²) < 4.78 is 7.30. The molecule has 0 saturated carbocycles. The molecule has 180 valence electrons. The van der Waals surface area contributed by atoms with Gasteiger partial charge in [-0.3, -0.25) is 9.36 Å². The van der Waals surface area contributed by atoms with E-state index in [4.69, 9.17) is 9.72 Å². The molecule has 35 heavy (non-hydrogen) atoms. The van der Waals surface area contributed by atoms with Crippen molar-refractivity contribution in [2.75, 3.05) is 26.0 Å². The molecule has 1 N–H and O–H groups in total. The van der Waals surface area contributed by atoms with Crippen molar-refractivity contribution in [2.24, 2.45) is 0 Å². The lowest BCUT2D eigenvalue weighted by Crippen LogP contribution is -2.27. The number of benzene rings is 3.